The lowest BCUT2D eigenvalue weighted by atomic mass is 9.98. The van der Waals surface area contributed by atoms with E-state index in [1.807, 2.05) is 36.4 Å². The van der Waals surface area contributed by atoms with Gasteiger partial charge in [-0.1, -0.05) is 121 Å². The first-order chi connectivity index (χ1) is 24.3. The highest BCUT2D eigenvalue weighted by molar-refractivity contribution is 6.17. The first kappa shape index (κ1) is 27.5. The molecule has 4 nitrogen and oxygen atoms in total. The van der Waals surface area contributed by atoms with Crippen molar-refractivity contribution in [1.82, 2.24) is 4.98 Å². The molecule has 0 fully saturated rings. The van der Waals surface area contributed by atoms with Crippen molar-refractivity contribution in [2.45, 2.75) is 0 Å². The number of nitrogens with zero attached hydrogens (tertiary/aromatic N) is 2. The zero-order chi connectivity index (χ0) is 32.3. The van der Waals surface area contributed by atoms with E-state index in [1.54, 1.807) is 0 Å². The molecule has 8 aromatic carbocycles. The number of hydrogen-bond donors (Lipinski definition) is 0. The summed E-state index contributed by atoms with van der Waals surface area (Å²) in [5.41, 5.74) is 9.39. The molecular weight excluding hydrogens is 601 g/mol. The van der Waals surface area contributed by atoms with E-state index in [1.165, 1.54) is 21.7 Å². The lowest BCUT2D eigenvalue weighted by Crippen LogP contribution is -2.11. The fourth-order valence-electron chi connectivity index (χ4n) is 7.17. The molecule has 0 aliphatic rings. The summed E-state index contributed by atoms with van der Waals surface area (Å²) >= 11 is 0. The van der Waals surface area contributed by atoms with E-state index in [4.69, 9.17) is 13.8 Å². The fraction of sp³-hybridized carbons (Fsp3) is 0. The molecule has 230 valence electrons. The molecule has 0 unspecified atom stereocenters. The summed E-state index contributed by atoms with van der Waals surface area (Å²) in [6.07, 6.45) is 0. The average Bonchev–Trinajstić information content (AvgIpc) is 3.76. The zero-order valence-electron chi connectivity index (χ0n) is 26.4. The smallest absolute Gasteiger partial charge is 0.227 e. The highest BCUT2D eigenvalue weighted by atomic mass is 16.4. The van der Waals surface area contributed by atoms with Crippen molar-refractivity contribution in [2.75, 3.05) is 4.90 Å². The van der Waals surface area contributed by atoms with Crippen molar-refractivity contribution < 1.29 is 8.83 Å². The van der Waals surface area contributed by atoms with Gasteiger partial charge in [-0.2, -0.15) is 0 Å². The lowest BCUT2D eigenvalue weighted by molar-refractivity contribution is 0.620. The number of aromatic nitrogens is 1. The Morgan fingerprint density at radius 3 is 1.92 bits per heavy atom. The van der Waals surface area contributed by atoms with Crippen LogP contribution in [0.15, 0.2) is 179 Å². The van der Waals surface area contributed by atoms with Crippen LogP contribution in [-0.2, 0) is 0 Å². The van der Waals surface area contributed by atoms with Gasteiger partial charge in [0.1, 0.15) is 11.1 Å². The number of hydrogen-bond acceptors (Lipinski definition) is 4. The Bertz CT molecular complexity index is 2830. The lowest BCUT2D eigenvalue weighted by Gasteiger charge is -2.28. The van der Waals surface area contributed by atoms with Crippen LogP contribution in [0.3, 0.4) is 0 Å². The van der Waals surface area contributed by atoms with Crippen molar-refractivity contribution in [3.63, 3.8) is 0 Å². The first-order valence-corrected chi connectivity index (χ1v) is 16.5. The maximum Gasteiger partial charge on any atom is 0.227 e. The Hall–Kier alpha value is -6.65. The van der Waals surface area contributed by atoms with Gasteiger partial charge in [-0.05, 0) is 69.8 Å². The van der Waals surface area contributed by atoms with E-state index in [9.17, 15) is 0 Å². The van der Waals surface area contributed by atoms with Gasteiger partial charge in [0, 0.05) is 33.5 Å². The largest absolute Gasteiger partial charge is 0.454 e. The molecule has 0 aliphatic heterocycles. The number of rotatable bonds is 5. The highest BCUT2D eigenvalue weighted by Crippen LogP contribution is 2.47. The molecule has 4 heteroatoms. The van der Waals surface area contributed by atoms with Crippen molar-refractivity contribution in [3.05, 3.63) is 170 Å². The third-order valence-electron chi connectivity index (χ3n) is 9.45. The minimum Gasteiger partial charge on any atom is -0.454 e. The summed E-state index contributed by atoms with van der Waals surface area (Å²) < 4.78 is 13.1. The van der Waals surface area contributed by atoms with Crippen LogP contribution >= 0.6 is 0 Å². The SMILES string of the molecule is c1ccc(-c2cccc(N(c3cc4ccccc4c4ccccc34)c3cccc4c3oc3cc5nc(-c6ccccc6)oc5cc34)c2)cc1. The number of benzene rings is 8. The van der Waals surface area contributed by atoms with Gasteiger partial charge in [0.15, 0.2) is 11.2 Å². The summed E-state index contributed by atoms with van der Waals surface area (Å²) in [5, 5.41) is 6.78. The topological polar surface area (TPSA) is 42.4 Å². The van der Waals surface area contributed by atoms with E-state index < -0.39 is 0 Å². The van der Waals surface area contributed by atoms with Crippen molar-refractivity contribution in [1.29, 1.82) is 0 Å². The van der Waals surface area contributed by atoms with Crippen molar-refractivity contribution >= 4 is 71.6 Å². The molecular formula is C45H28N2O2. The van der Waals surface area contributed by atoms with E-state index in [2.05, 4.69) is 138 Å². The molecule has 0 amide bonds. The maximum atomic E-state index is 6.82. The Balaban J connectivity index is 1.24. The summed E-state index contributed by atoms with van der Waals surface area (Å²) in [7, 11) is 0. The maximum absolute atomic E-state index is 6.82. The van der Waals surface area contributed by atoms with Gasteiger partial charge in [-0.15, -0.1) is 0 Å². The molecule has 0 bridgehead atoms. The number of anilines is 3. The third-order valence-corrected chi connectivity index (χ3v) is 9.45. The zero-order valence-corrected chi connectivity index (χ0v) is 26.4. The molecule has 0 aliphatic carbocycles. The number of furan rings is 1. The Labute approximate surface area is 282 Å². The summed E-state index contributed by atoms with van der Waals surface area (Å²) in [6, 6.07) is 59.3. The number of para-hydroxylation sites is 1. The quantitative estimate of drug-likeness (QED) is 0.178. The second kappa shape index (κ2) is 11.0. The van der Waals surface area contributed by atoms with Crippen LogP contribution in [0, 0.1) is 0 Å². The van der Waals surface area contributed by atoms with Crippen LogP contribution in [0.1, 0.15) is 0 Å². The second-order valence-electron chi connectivity index (χ2n) is 12.4. The number of fused-ring (bicyclic) bond motifs is 7. The van der Waals surface area contributed by atoms with Gasteiger partial charge in [-0.25, -0.2) is 4.98 Å². The van der Waals surface area contributed by atoms with E-state index in [0.29, 0.717) is 5.89 Å². The van der Waals surface area contributed by atoms with Gasteiger partial charge in [-0.3, -0.25) is 0 Å². The molecule has 0 N–H and O–H groups in total. The van der Waals surface area contributed by atoms with Gasteiger partial charge < -0.3 is 13.7 Å². The van der Waals surface area contributed by atoms with Gasteiger partial charge in [0.2, 0.25) is 5.89 Å². The van der Waals surface area contributed by atoms with Crippen LogP contribution in [0.2, 0.25) is 0 Å². The van der Waals surface area contributed by atoms with Crippen LogP contribution < -0.4 is 4.90 Å². The van der Waals surface area contributed by atoms with E-state index in [0.717, 1.165) is 66.6 Å². The van der Waals surface area contributed by atoms with Crippen molar-refractivity contribution in [3.8, 4) is 22.6 Å². The summed E-state index contributed by atoms with van der Waals surface area (Å²) in [6.45, 7) is 0. The molecule has 0 spiro atoms. The van der Waals surface area contributed by atoms with E-state index >= 15 is 0 Å². The normalized spacial score (nSPS) is 11.7. The minimum atomic E-state index is 0.598. The number of oxazole rings is 1. The molecule has 0 saturated carbocycles. The van der Waals surface area contributed by atoms with E-state index in [-0.39, 0.29) is 0 Å². The minimum absolute atomic E-state index is 0.598. The van der Waals surface area contributed by atoms with Crippen LogP contribution in [-0.4, -0.2) is 4.98 Å². The molecule has 0 saturated heterocycles. The Morgan fingerprint density at radius 2 is 1.08 bits per heavy atom. The van der Waals surface area contributed by atoms with Crippen LogP contribution in [0.4, 0.5) is 17.1 Å². The predicted molar refractivity (Wildman–Crippen MR) is 202 cm³/mol. The predicted octanol–water partition coefficient (Wildman–Crippen LogP) is 12.8. The molecule has 2 aromatic heterocycles. The third kappa shape index (κ3) is 4.49. The Morgan fingerprint density at radius 1 is 0.408 bits per heavy atom. The highest BCUT2D eigenvalue weighted by Gasteiger charge is 2.23. The molecule has 10 aromatic rings. The monoisotopic (exact) mass is 628 g/mol. The fourth-order valence-corrected chi connectivity index (χ4v) is 7.17. The summed E-state index contributed by atoms with van der Waals surface area (Å²) in [4.78, 5) is 7.17. The average molecular weight is 629 g/mol. The summed E-state index contributed by atoms with van der Waals surface area (Å²) in [5.74, 6) is 0.598. The standard InChI is InChI=1S/C45H28N2O2/c1-3-13-29(14-4-1)31-18-11-19-33(25-31)47(41-26-32-17-7-8-20-34(32)35-21-9-10-22-36(35)41)40-24-12-23-37-38-27-43-39(28-42(38)48-44(37)40)46-45(49-43)30-15-5-2-6-16-30/h1-28H. The van der Waals surface area contributed by atoms with Gasteiger partial charge in [0.05, 0.1) is 11.4 Å². The molecule has 0 atom stereocenters. The van der Waals surface area contributed by atoms with Gasteiger partial charge in [0.25, 0.3) is 0 Å². The van der Waals surface area contributed by atoms with Crippen LogP contribution in [0.5, 0.6) is 0 Å². The second-order valence-corrected chi connectivity index (χ2v) is 12.4. The van der Waals surface area contributed by atoms with Crippen LogP contribution in [0.25, 0.3) is 77.2 Å². The Kier molecular flexibility index (Phi) is 6.15. The van der Waals surface area contributed by atoms with Crippen molar-refractivity contribution in [2.24, 2.45) is 0 Å². The van der Waals surface area contributed by atoms with Gasteiger partial charge >= 0.3 is 0 Å². The molecule has 49 heavy (non-hydrogen) atoms. The first-order valence-electron chi connectivity index (χ1n) is 16.5. The molecule has 2 heterocycles. The molecule has 0 radical (unpaired) electrons. The molecule has 10 rings (SSSR count).